The quantitative estimate of drug-likeness (QED) is 0.709. The average molecular weight is 184 g/mol. The molecule has 1 aliphatic carbocycles. The van der Waals surface area contributed by atoms with Crippen LogP contribution < -0.4 is 5.32 Å². The van der Waals surface area contributed by atoms with E-state index in [0.29, 0.717) is 18.5 Å². The minimum absolute atomic E-state index is 0.185. The van der Waals surface area contributed by atoms with Crippen molar-refractivity contribution in [2.75, 3.05) is 14.1 Å². The van der Waals surface area contributed by atoms with Crippen LogP contribution in [0.1, 0.15) is 32.6 Å². The van der Waals surface area contributed by atoms with Gasteiger partial charge in [-0.2, -0.15) is 0 Å². The molecule has 0 aromatic rings. The topological polar surface area (TPSA) is 32.3 Å². The molecule has 0 heterocycles. The molecule has 0 unspecified atom stereocenters. The van der Waals surface area contributed by atoms with E-state index in [9.17, 15) is 4.79 Å². The Morgan fingerprint density at radius 2 is 2.15 bits per heavy atom. The molecule has 1 N–H and O–H groups in total. The van der Waals surface area contributed by atoms with E-state index in [1.54, 1.807) is 0 Å². The molecule has 0 aliphatic heterocycles. The fourth-order valence-electron chi connectivity index (χ4n) is 1.89. The van der Waals surface area contributed by atoms with E-state index in [1.165, 1.54) is 6.42 Å². The molecule has 13 heavy (non-hydrogen) atoms. The number of hydrogen-bond donors (Lipinski definition) is 1. The van der Waals surface area contributed by atoms with Crippen LogP contribution in [-0.2, 0) is 4.79 Å². The van der Waals surface area contributed by atoms with Crippen molar-refractivity contribution in [3.8, 4) is 0 Å². The highest BCUT2D eigenvalue weighted by Crippen LogP contribution is 2.22. The summed E-state index contributed by atoms with van der Waals surface area (Å²) in [6, 6.07) is 1.07. The lowest BCUT2D eigenvalue weighted by Crippen LogP contribution is -2.34. The van der Waals surface area contributed by atoms with Crippen molar-refractivity contribution in [2.24, 2.45) is 0 Å². The maximum absolute atomic E-state index is 11.1. The lowest BCUT2D eigenvalue weighted by molar-refractivity contribution is -0.121. The molecule has 0 radical (unpaired) electrons. The Labute approximate surface area is 80.5 Å². The van der Waals surface area contributed by atoms with Gasteiger partial charge in [-0.3, -0.25) is 4.79 Å². The lowest BCUT2D eigenvalue weighted by atomic mass is 10.2. The molecule has 1 saturated carbocycles. The van der Waals surface area contributed by atoms with Crippen LogP contribution in [0, 0.1) is 0 Å². The van der Waals surface area contributed by atoms with E-state index in [-0.39, 0.29) is 5.91 Å². The summed E-state index contributed by atoms with van der Waals surface area (Å²) in [6.45, 7) is 1.90. The third-order valence-corrected chi connectivity index (χ3v) is 2.82. The second-order valence-corrected chi connectivity index (χ2v) is 4.05. The molecule has 3 heteroatoms. The summed E-state index contributed by atoms with van der Waals surface area (Å²) in [5, 5.41) is 3.05. The van der Waals surface area contributed by atoms with Crippen molar-refractivity contribution in [1.82, 2.24) is 10.2 Å². The third kappa shape index (κ3) is 2.99. The minimum Gasteiger partial charge on any atom is -0.353 e. The molecule has 0 saturated heterocycles. The monoisotopic (exact) mass is 184 g/mol. The highest BCUT2D eigenvalue weighted by Gasteiger charge is 2.26. The SMILES string of the molecule is CCC(=O)N[C@@H]1CC[C@@H](N(C)C)C1. The van der Waals surface area contributed by atoms with Gasteiger partial charge in [-0.25, -0.2) is 0 Å². The first kappa shape index (κ1) is 10.5. The highest BCUT2D eigenvalue weighted by atomic mass is 16.1. The molecule has 76 valence electrons. The van der Waals surface area contributed by atoms with Gasteiger partial charge in [-0.1, -0.05) is 6.92 Å². The van der Waals surface area contributed by atoms with Crippen LogP contribution in [-0.4, -0.2) is 37.0 Å². The predicted molar refractivity (Wildman–Crippen MR) is 53.5 cm³/mol. The van der Waals surface area contributed by atoms with E-state index in [1.807, 2.05) is 6.92 Å². The first-order valence-corrected chi connectivity index (χ1v) is 5.09. The van der Waals surface area contributed by atoms with Gasteiger partial charge in [0, 0.05) is 18.5 Å². The van der Waals surface area contributed by atoms with Gasteiger partial charge in [0.1, 0.15) is 0 Å². The van der Waals surface area contributed by atoms with Crippen molar-refractivity contribution in [1.29, 1.82) is 0 Å². The maximum atomic E-state index is 11.1. The van der Waals surface area contributed by atoms with Gasteiger partial charge in [-0.05, 0) is 33.4 Å². The lowest BCUT2D eigenvalue weighted by Gasteiger charge is -2.19. The van der Waals surface area contributed by atoms with Gasteiger partial charge in [0.15, 0.2) is 0 Å². The third-order valence-electron chi connectivity index (χ3n) is 2.82. The Hall–Kier alpha value is -0.570. The first-order valence-electron chi connectivity index (χ1n) is 5.09. The predicted octanol–water partition coefficient (Wildman–Crippen LogP) is 0.995. The molecule has 3 nitrogen and oxygen atoms in total. The fraction of sp³-hybridized carbons (Fsp3) is 0.900. The van der Waals surface area contributed by atoms with Gasteiger partial charge in [-0.15, -0.1) is 0 Å². The number of hydrogen-bond acceptors (Lipinski definition) is 2. The Bertz CT molecular complexity index is 180. The van der Waals surface area contributed by atoms with Gasteiger partial charge in [0.25, 0.3) is 0 Å². The molecule has 0 bridgehead atoms. The molecule has 1 rings (SSSR count). The van der Waals surface area contributed by atoms with Crippen LogP contribution in [0.5, 0.6) is 0 Å². The zero-order valence-corrected chi connectivity index (χ0v) is 8.84. The number of rotatable bonds is 3. The van der Waals surface area contributed by atoms with E-state index >= 15 is 0 Å². The van der Waals surface area contributed by atoms with Crippen molar-refractivity contribution in [2.45, 2.75) is 44.7 Å². The standard InChI is InChI=1S/C10H20N2O/c1-4-10(13)11-8-5-6-9(7-8)12(2)3/h8-9H,4-7H2,1-3H3,(H,11,13)/t8-,9-/m1/s1. The van der Waals surface area contributed by atoms with Crippen molar-refractivity contribution >= 4 is 5.91 Å². The Morgan fingerprint density at radius 3 is 2.62 bits per heavy atom. The number of nitrogens with zero attached hydrogens (tertiary/aromatic N) is 1. The molecule has 0 aromatic carbocycles. The van der Waals surface area contributed by atoms with Crippen LogP contribution in [0.15, 0.2) is 0 Å². The molecule has 1 amide bonds. The average Bonchev–Trinajstić information content (AvgIpc) is 2.52. The van der Waals surface area contributed by atoms with E-state index < -0.39 is 0 Å². The zero-order chi connectivity index (χ0) is 9.84. The summed E-state index contributed by atoms with van der Waals surface area (Å²) in [7, 11) is 4.21. The molecule has 1 aliphatic rings. The zero-order valence-electron chi connectivity index (χ0n) is 8.84. The normalized spacial score (nSPS) is 28.0. The van der Waals surface area contributed by atoms with Crippen molar-refractivity contribution < 1.29 is 4.79 Å². The summed E-state index contributed by atoms with van der Waals surface area (Å²) in [6.07, 6.45) is 4.05. The van der Waals surface area contributed by atoms with Crippen LogP contribution in [0.3, 0.4) is 0 Å². The summed E-state index contributed by atoms with van der Waals surface area (Å²) in [5.41, 5.74) is 0. The van der Waals surface area contributed by atoms with Crippen molar-refractivity contribution in [3.63, 3.8) is 0 Å². The van der Waals surface area contributed by atoms with E-state index in [2.05, 4.69) is 24.3 Å². The Morgan fingerprint density at radius 1 is 1.46 bits per heavy atom. The molecular formula is C10H20N2O. The van der Waals surface area contributed by atoms with Crippen molar-refractivity contribution in [3.05, 3.63) is 0 Å². The Balaban J connectivity index is 2.29. The number of carbonyl (C=O) groups is 1. The molecule has 1 fully saturated rings. The smallest absolute Gasteiger partial charge is 0.219 e. The van der Waals surface area contributed by atoms with Gasteiger partial charge < -0.3 is 10.2 Å². The van der Waals surface area contributed by atoms with Gasteiger partial charge >= 0.3 is 0 Å². The molecule has 0 spiro atoms. The van der Waals surface area contributed by atoms with Crippen LogP contribution in [0.4, 0.5) is 0 Å². The van der Waals surface area contributed by atoms with Gasteiger partial charge in [0.05, 0.1) is 0 Å². The number of nitrogens with one attached hydrogen (secondary N) is 1. The minimum atomic E-state index is 0.185. The highest BCUT2D eigenvalue weighted by molar-refractivity contribution is 5.75. The molecule has 2 atom stereocenters. The Kier molecular flexibility index (Phi) is 3.72. The second kappa shape index (κ2) is 4.61. The number of carbonyl (C=O) groups excluding carboxylic acids is 1. The van der Waals surface area contributed by atoms with Crippen LogP contribution in [0.25, 0.3) is 0 Å². The van der Waals surface area contributed by atoms with Crippen LogP contribution >= 0.6 is 0 Å². The molecular weight excluding hydrogens is 164 g/mol. The van der Waals surface area contributed by atoms with Crippen LogP contribution in [0.2, 0.25) is 0 Å². The molecule has 0 aromatic heterocycles. The first-order chi connectivity index (χ1) is 6.13. The summed E-state index contributed by atoms with van der Waals surface area (Å²) < 4.78 is 0. The van der Waals surface area contributed by atoms with E-state index in [0.717, 1.165) is 12.8 Å². The summed E-state index contributed by atoms with van der Waals surface area (Å²) >= 11 is 0. The fourth-order valence-corrected chi connectivity index (χ4v) is 1.89. The summed E-state index contributed by atoms with van der Waals surface area (Å²) in [4.78, 5) is 13.4. The van der Waals surface area contributed by atoms with E-state index in [4.69, 9.17) is 0 Å². The largest absolute Gasteiger partial charge is 0.353 e. The van der Waals surface area contributed by atoms with Gasteiger partial charge in [0.2, 0.25) is 5.91 Å². The maximum Gasteiger partial charge on any atom is 0.219 e. The second-order valence-electron chi connectivity index (χ2n) is 4.05. The summed E-state index contributed by atoms with van der Waals surface area (Å²) in [5.74, 6) is 0.185. The number of amides is 1.